The van der Waals surface area contributed by atoms with Gasteiger partial charge in [0.1, 0.15) is 122 Å². The van der Waals surface area contributed by atoms with Gasteiger partial charge in [0.05, 0.1) is 76.6 Å². The zero-order chi connectivity index (χ0) is 73.3. The summed E-state index contributed by atoms with van der Waals surface area (Å²) in [4.78, 5) is 15.7. The maximum absolute atomic E-state index is 15.7. The smallest absolute Gasteiger partial charge is 0.315 e. The third-order valence-corrected chi connectivity index (χ3v) is 26.0. The number of aliphatic hydroxyl groups excluding tert-OH is 18. The van der Waals surface area contributed by atoms with Crippen molar-refractivity contribution >= 4 is 5.97 Å². The van der Waals surface area contributed by atoms with Crippen molar-refractivity contribution in [2.24, 2.45) is 50.2 Å². The average Bonchev–Trinajstić information content (AvgIpc) is 0.934. The van der Waals surface area contributed by atoms with E-state index in [4.69, 9.17) is 66.3 Å². The number of hydrogen-bond acceptors (Lipinski definition) is 34. The van der Waals surface area contributed by atoms with Gasteiger partial charge in [0, 0.05) is 5.41 Å². The molecule has 0 unspecified atom stereocenters. The van der Waals surface area contributed by atoms with Crippen LogP contribution >= 0.6 is 0 Å². The summed E-state index contributed by atoms with van der Waals surface area (Å²) < 4.78 is 83.5. The summed E-state index contributed by atoms with van der Waals surface area (Å²) in [5.41, 5.74) is -5.53. The third-order valence-electron chi connectivity index (χ3n) is 26.0. The van der Waals surface area contributed by atoms with Gasteiger partial charge in [0.2, 0.25) is 6.29 Å². The highest BCUT2D eigenvalue weighted by Gasteiger charge is 2.72. The molecule has 7 saturated heterocycles. The van der Waals surface area contributed by atoms with E-state index >= 15 is 4.79 Å². The van der Waals surface area contributed by atoms with Crippen LogP contribution in [0.4, 0.5) is 0 Å². The molecule has 580 valence electrons. The Morgan fingerprint density at radius 3 is 1.64 bits per heavy atom. The van der Waals surface area contributed by atoms with E-state index in [1.165, 1.54) is 6.92 Å². The minimum Gasteiger partial charge on any atom is -0.432 e. The molecule has 0 aromatic rings. The van der Waals surface area contributed by atoms with Gasteiger partial charge in [-0.3, -0.25) is 4.79 Å². The Kier molecular flexibility index (Phi) is 22.8. The van der Waals surface area contributed by atoms with Crippen molar-refractivity contribution in [3.8, 4) is 0 Å². The van der Waals surface area contributed by atoms with Gasteiger partial charge >= 0.3 is 5.97 Å². The SMILES string of the molecule is C[C@@H]1O[C@@H](O[C@H]2[C@H](OC(=O)[C@]34CCC(C)(C)C[C@H]3C3=CC[C@H]5[C@@]6(C)C[C@H](O)[C@H](O[C@@H]7O[C@H](CO)[C@@H](O)[C@H](O[C@@H]8OC[C@@H](O)[C@H](O)[C@H]8O)[C@H]7O)[C@@](C)(CO)[C@H]6CC[C@@]5(C)[C@]3(C)CC4)OC[C@H](O)[C@@H]2O)[C@H](O)[C@H](O[C@@H]2OC[C@](O)(CO)[C@H]2O)[C@H]1O[C@@H]1OC[C@@H](O)[C@H](O[C@@H]2OC[C@@H](O)[C@H](O)[C@H]2O)[C@H]1O. The third kappa shape index (κ3) is 13.5. The molecule has 0 radical (unpaired) electrons. The highest BCUT2D eigenvalue weighted by Crippen LogP contribution is 2.76. The molecule has 0 amide bonds. The molecular weight excluding hydrogens is 1350 g/mol. The second-order valence-electron chi connectivity index (χ2n) is 32.6. The Morgan fingerprint density at radius 2 is 1.03 bits per heavy atom. The number of rotatable bonds is 17. The highest BCUT2D eigenvalue weighted by atomic mass is 16.8. The van der Waals surface area contributed by atoms with E-state index in [0.29, 0.717) is 51.4 Å². The van der Waals surface area contributed by atoms with Crippen molar-refractivity contribution in [3.63, 3.8) is 0 Å². The van der Waals surface area contributed by atoms with E-state index in [9.17, 15) is 97.0 Å². The predicted molar refractivity (Wildman–Crippen MR) is 332 cm³/mol. The molecule has 19 N–H and O–H groups in total. The van der Waals surface area contributed by atoms with E-state index in [0.717, 1.165) is 5.57 Å². The first-order chi connectivity index (χ1) is 47.5. The van der Waals surface area contributed by atoms with Crippen LogP contribution in [0.5, 0.6) is 0 Å². The lowest BCUT2D eigenvalue weighted by Gasteiger charge is -2.72. The highest BCUT2D eigenvalue weighted by molar-refractivity contribution is 5.79. The van der Waals surface area contributed by atoms with Crippen molar-refractivity contribution in [2.75, 3.05) is 52.9 Å². The molecule has 0 spiro atoms. The van der Waals surface area contributed by atoms with Crippen LogP contribution in [0.2, 0.25) is 0 Å². The lowest BCUT2D eigenvalue weighted by molar-refractivity contribution is -0.385. The number of aliphatic hydroxyl groups is 19. The first kappa shape index (κ1) is 78.5. The summed E-state index contributed by atoms with van der Waals surface area (Å²) in [6.07, 6.45) is -43.7. The molecule has 7 heterocycles. The molecule has 34 heteroatoms. The largest absolute Gasteiger partial charge is 0.432 e. The summed E-state index contributed by atoms with van der Waals surface area (Å²) in [6.45, 7) is 9.32. The summed E-state index contributed by atoms with van der Waals surface area (Å²) in [6, 6.07) is 0. The molecular formula is C67H108O34. The second kappa shape index (κ2) is 29.4. The zero-order valence-corrected chi connectivity index (χ0v) is 57.8. The van der Waals surface area contributed by atoms with Crippen LogP contribution < -0.4 is 0 Å². The number of ether oxygens (including phenoxy) is 14. The number of fused-ring (bicyclic) bond motifs is 7. The van der Waals surface area contributed by atoms with E-state index in [1.807, 2.05) is 6.92 Å². The van der Waals surface area contributed by atoms with Crippen molar-refractivity contribution in [1.82, 2.24) is 0 Å². The Balaban J connectivity index is 0.771. The van der Waals surface area contributed by atoms with Gasteiger partial charge in [0.15, 0.2) is 43.8 Å². The Bertz CT molecular complexity index is 2880. The van der Waals surface area contributed by atoms with Crippen LogP contribution in [-0.2, 0) is 71.1 Å². The van der Waals surface area contributed by atoms with Crippen LogP contribution in [0.1, 0.15) is 106 Å². The van der Waals surface area contributed by atoms with Gasteiger partial charge in [-0.25, -0.2) is 0 Å². The van der Waals surface area contributed by atoms with Crippen LogP contribution in [0.3, 0.4) is 0 Å². The summed E-state index contributed by atoms with van der Waals surface area (Å²) in [5, 5.41) is 210. The fourth-order valence-electron chi connectivity index (χ4n) is 19.7. The molecule has 5 aliphatic carbocycles. The van der Waals surface area contributed by atoms with Crippen molar-refractivity contribution in [3.05, 3.63) is 11.6 Å². The predicted octanol–water partition coefficient (Wildman–Crippen LogP) is -6.39. The molecule has 39 atom stereocenters. The maximum atomic E-state index is 15.7. The Labute approximate surface area is 583 Å². The van der Waals surface area contributed by atoms with Crippen LogP contribution in [0.15, 0.2) is 11.6 Å². The van der Waals surface area contributed by atoms with Crippen LogP contribution in [0.25, 0.3) is 0 Å². The molecule has 101 heavy (non-hydrogen) atoms. The molecule has 12 aliphatic rings. The molecule has 7 aliphatic heterocycles. The van der Waals surface area contributed by atoms with Gasteiger partial charge in [-0.15, -0.1) is 0 Å². The van der Waals surface area contributed by atoms with E-state index < -0.39 is 282 Å². The standard InChI is InChI=1S/C67H108O34/c1-26-46(95-55-43(82)47(33(75)22-90-55)96-53-41(80)37(76)30(72)19-88-53)49(98-59-51(85)67(87,24-70)25-92-59)45(84)56(93-26)99-50-39(78)32(74)21-91-58(50)101-60(86)66-14-12-61(2,3)16-28(66)27-8-9-36-62(4)17-29(71)52(63(5,23-69)35(62)10-11-65(36,7)64(27,6)13-15-66)100-57-44(83)48(40(79)34(18-68)94-57)97-54-42(81)38(77)31(73)20-89-54/h8,26,28-59,68-85,87H,9-25H2,1-7H3/t26-,28-,29-,30+,31+,32-,33+,34+,35-,36-,37-,38-,39-,40+,41+,42+,43+,44+,45+,46-,47-,48-,49-,50+,51-,52-,53-,54-,55-,56-,57-,58-,59-,62-,63-,64+,65+,66-,67+/m0/s1. The number of allylic oxidation sites excluding steroid dienone is 2. The first-order valence-corrected chi connectivity index (χ1v) is 35.5. The van der Waals surface area contributed by atoms with Crippen molar-refractivity contribution < 1.29 is 168 Å². The molecule has 11 fully saturated rings. The maximum Gasteiger partial charge on any atom is 0.315 e. The number of carbonyl (C=O) groups excluding carboxylic acids is 1. The minimum atomic E-state index is -2.24. The van der Waals surface area contributed by atoms with Gasteiger partial charge < -0.3 is 163 Å². The number of carbonyl (C=O) groups is 1. The lowest BCUT2D eigenvalue weighted by Crippen LogP contribution is -2.70. The molecule has 12 rings (SSSR count). The van der Waals surface area contributed by atoms with Gasteiger partial charge in [-0.05, 0) is 104 Å². The van der Waals surface area contributed by atoms with Crippen LogP contribution in [0, 0.1) is 50.2 Å². The molecule has 0 aromatic carbocycles. The van der Waals surface area contributed by atoms with Crippen LogP contribution in [-0.4, -0.2) is 346 Å². The summed E-state index contributed by atoms with van der Waals surface area (Å²) in [7, 11) is 0. The molecule has 0 aromatic heterocycles. The monoisotopic (exact) mass is 1460 g/mol. The first-order valence-electron chi connectivity index (χ1n) is 35.5. The Morgan fingerprint density at radius 1 is 0.495 bits per heavy atom. The van der Waals surface area contributed by atoms with E-state index in [-0.39, 0.29) is 23.7 Å². The van der Waals surface area contributed by atoms with E-state index in [2.05, 4.69) is 40.7 Å². The van der Waals surface area contributed by atoms with E-state index in [1.54, 1.807) is 0 Å². The summed E-state index contributed by atoms with van der Waals surface area (Å²) in [5.74, 6) is -1.50. The topological polar surface area (TPSA) is 531 Å². The fraction of sp³-hybridized carbons (Fsp3) is 0.955. The average molecular weight is 1460 g/mol. The zero-order valence-electron chi connectivity index (χ0n) is 57.8. The number of esters is 1. The fourth-order valence-corrected chi connectivity index (χ4v) is 19.7. The van der Waals surface area contributed by atoms with Crippen molar-refractivity contribution in [2.45, 2.75) is 296 Å². The molecule has 34 nitrogen and oxygen atoms in total. The Hall–Kier alpha value is -2.07. The van der Waals surface area contributed by atoms with Gasteiger partial charge in [-0.2, -0.15) is 0 Å². The second-order valence-corrected chi connectivity index (χ2v) is 32.6. The number of hydrogen-bond donors (Lipinski definition) is 19. The van der Waals surface area contributed by atoms with Gasteiger partial charge in [-0.1, -0.05) is 53.2 Å². The van der Waals surface area contributed by atoms with Gasteiger partial charge in [0.25, 0.3) is 0 Å². The normalized spacial score (nSPS) is 55.3. The molecule has 4 saturated carbocycles. The van der Waals surface area contributed by atoms with Crippen molar-refractivity contribution in [1.29, 1.82) is 0 Å². The summed E-state index contributed by atoms with van der Waals surface area (Å²) >= 11 is 0. The minimum absolute atomic E-state index is 0.119. The lowest BCUT2D eigenvalue weighted by atomic mass is 9.33. The quantitative estimate of drug-likeness (QED) is 0.0366. The molecule has 0 bridgehead atoms.